The second-order valence-corrected chi connectivity index (χ2v) is 8.53. The molecule has 0 bridgehead atoms. The highest BCUT2D eigenvalue weighted by Gasteiger charge is 2.24. The van der Waals surface area contributed by atoms with E-state index in [0.717, 1.165) is 76.2 Å². The SMILES string of the molecule is Nc1ncc(-c2c[nH]nc2C2CCNCC2)cc1-c1oc2ccccc2c1-c1ccccc1. The first-order valence-electron chi connectivity index (χ1n) is 11.4. The minimum Gasteiger partial charge on any atom is -0.455 e. The number of nitrogens with two attached hydrogens (primary N) is 1. The fourth-order valence-corrected chi connectivity index (χ4v) is 4.87. The number of anilines is 1. The van der Waals surface area contributed by atoms with Crippen LogP contribution in [0.5, 0.6) is 0 Å². The summed E-state index contributed by atoms with van der Waals surface area (Å²) in [7, 11) is 0. The normalized spacial score (nSPS) is 14.7. The van der Waals surface area contributed by atoms with E-state index in [2.05, 4.69) is 44.8 Å². The Labute approximate surface area is 191 Å². The van der Waals surface area contributed by atoms with E-state index in [1.54, 1.807) is 0 Å². The largest absolute Gasteiger partial charge is 0.455 e. The number of pyridine rings is 1. The fourth-order valence-electron chi connectivity index (χ4n) is 4.87. The second kappa shape index (κ2) is 8.22. The molecule has 4 N–H and O–H groups in total. The number of aromatic amines is 1. The van der Waals surface area contributed by atoms with Gasteiger partial charge in [-0.2, -0.15) is 5.10 Å². The van der Waals surface area contributed by atoms with Crippen molar-refractivity contribution in [2.75, 3.05) is 18.8 Å². The predicted octanol–water partition coefficient (Wildman–Crippen LogP) is 5.60. The van der Waals surface area contributed by atoms with E-state index in [9.17, 15) is 0 Å². The Hall–Kier alpha value is -3.90. The van der Waals surface area contributed by atoms with Crippen LogP contribution in [0.4, 0.5) is 5.82 Å². The molecule has 0 aliphatic carbocycles. The molecule has 1 aliphatic rings. The molecule has 0 amide bonds. The van der Waals surface area contributed by atoms with Gasteiger partial charge in [-0.3, -0.25) is 5.10 Å². The first-order valence-corrected chi connectivity index (χ1v) is 11.4. The lowest BCUT2D eigenvalue weighted by Crippen LogP contribution is -2.27. The number of nitrogens with one attached hydrogen (secondary N) is 2. The molecular formula is C27H25N5O. The van der Waals surface area contributed by atoms with Crippen molar-refractivity contribution in [3.63, 3.8) is 0 Å². The van der Waals surface area contributed by atoms with E-state index in [1.165, 1.54) is 0 Å². The zero-order valence-electron chi connectivity index (χ0n) is 18.2. The van der Waals surface area contributed by atoms with Crippen LogP contribution in [0.15, 0.2) is 77.5 Å². The van der Waals surface area contributed by atoms with Gasteiger partial charge in [-0.25, -0.2) is 4.98 Å². The number of hydrogen-bond donors (Lipinski definition) is 3. The topological polar surface area (TPSA) is 92.8 Å². The lowest BCUT2D eigenvalue weighted by atomic mass is 9.90. The summed E-state index contributed by atoms with van der Waals surface area (Å²) >= 11 is 0. The number of aromatic nitrogens is 3. The van der Waals surface area contributed by atoms with E-state index < -0.39 is 0 Å². The van der Waals surface area contributed by atoms with E-state index >= 15 is 0 Å². The highest BCUT2D eigenvalue weighted by Crippen LogP contribution is 2.43. The zero-order valence-corrected chi connectivity index (χ0v) is 18.2. The van der Waals surface area contributed by atoms with Gasteiger partial charge in [0, 0.05) is 40.4 Å². The van der Waals surface area contributed by atoms with Crippen LogP contribution in [0.3, 0.4) is 0 Å². The molecule has 6 rings (SSSR count). The molecule has 4 heterocycles. The highest BCUT2D eigenvalue weighted by atomic mass is 16.3. The number of piperidine rings is 1. The molecule has 1 aliphatic heterocycles. The predicted molar refractivity (Wildman–Crippen MR) is 132 cm³/mol. The molecule has 0 radical (unpaired) electrons. The summed E-state index contributed by atoms with van der Waals surface area (Å²) in [6.07, 6.45) is 5.95. The molecule has 0 spiro atoms. The van der Waals surface area contributed by atoms with E-state index in [1.807, 2.05) is 48.8 Å². The second-order valence-electron chi connectivity index (χ2n) is 8.53. The van der Waals surface area contributed by atoms with Gasteiger partial charge in [0.1, 0.15) is 17.2 Å². The average molecular weight is 436 g/mol. The molecule has 5 aromatic rings. The molecular weight excluding hydrogens is 410 g/mol. The molecule has 1 fully saturated rings. The first-order chi connectivity index (χ1) is 16.3. The Morgan fingerprint density at radius 3 is 2.55 bits per heavy atom. The monoisotopic (exact) mass is 435 g/mol. The number of para-hydroxylation sites is 1. The smallest absolute Gasteiger partial charge is 0.146 e. The van der Waals surface area contributed by atoms with Gasteiger partial charge in [-0.05, 0) is 43.6 Å². The molecule has 0 unspecified atom stereocenters. The molecule has 1 saturated heterocycles. The standard InChI is InChI=1S/C27H25N5O/c28-27-21(14-19(15-30-27)22-16-31-32-25(22)18-10-12-29-13-11-18)26-24(17-6-2-1-3-7-17)20-8-4-5-9-23(20)33-26/h1-9,14-16,18,29H,10-13H2,(H2,28,30)(H,31,32). The third-order valence-electron chi connectivity index (χ3n) is 6.53. The van der Waals surface area contributed by atoms with E-state index in [-0.39, 0.29) is 0 Å². The van der Waals surface area contributed by atoms with Crippen molar-refractivity contribution >= 4 is 16.8 Å². The van der Waals surface area contributed by atoms with Crippen LogP contribution in [0, 0.1) is 0 Å². The van der Waals surface area contributed by atoms with Crippen molar-refractivity contribution in [1.82, 2.24) is 20.5 Å². The van der Waals surface area contributed by atoms with Gasteiger partial charge in [0.2, 0.25) is 0 Å². The van der Waals surface area contributed by atoms with Gasteiger partial charge in [-0.15, -0.1) is 0 Å². The number of benzene rings is 2. The summed E-state index contributed by atoms with van der Waals surface area (Å²) in [5.41, 5.74) is 13.3. The number of nitrogen functional groups attached to an aromatic ring is 1. The van der Waals surface area contributed by atoms with Crippen molar-refractivity contribution in [3.05, 3.63) is 78.8 Å². The number of rotatable bonds is 4. The zero-order chi connectivity index (χ0) is 22.2. The first kappa shape index (κ1) is 19.8. The third-order valence-corrected chi connectivity index (χ3v) is 6.53. The summed E-state index contributed by atoms with van der Waals surface area (Å²) in [5, 5.41) is 12.2. The summed E-state index contributed by atoms with van der Waals surface area (Å²) < 4.78 is 6.39. The van der Waals surface area contributed by atoms with Gasteiger partial charge >= 0.3 is 0 Å². The number of fused-ring (bicyclic) bond motifs is 1. The molecule has 6 nitrogen and oxygen atoms in total. The Balaban J connectivity index is 1.52. The van der Waals surface area contributed by atoms with Crippen molar-refractivity contribution in [2.45, 2.75) is 18.8 Å². The Bertz CT molecular complexity index is 1410. The minimum atomic E-state index is 0.430. The van der Waals surface area contributed by atoms with Crippen molar-refractivity contribution in [2.24, 2.45) is 0 Å². The van der Waals surface area contributed by atoms with Gasteiger partial charge in [0.15, 0.2) is 0 Å². The van der Waals surface area contributed by atoms with Crippen LogP contribution >= 0.6 is 0 Å². The van der Waals surface area contributed by atoms with Crippen LogP contribution in [0.2, 0.25) is 0 Å². The average Bonchev–Trinajstić information content (AvgIpc) is 3.51. The molecule has 0 saturated carbocycles. The molecule has 33 heavy (non-hydrogen) atoms. The molecule has 164 valence electrons. The van der Waals surface area contributed by atoms with Crippen LogP contribution in [0.1, 0.15) is 24.5 Å². The summed E-state index contributed by atoms with van der Waals surface area (Å²) in [6.45, 7) is 2.03. The fraction of sp³-hybridized carbons (Fsp3) is 0.185. The third kappa shape index (κ3) is 3.49. The molecule has 6 heteroatoms. The Morgan fingerprint density at radius 1 is 0.909 bits per heavy atom. The van der Waals surface area contributed by atoms with Crippen molar-refractivity contribution < 1.29 is 4.42 Å². The van der Waals surface area contributed by atoms with E-state index in [0.29, 0.717) is 11.7 Å². The van der Waals surface area contributed by atoms with Gasteiger partial charge in [-0.1, -0.05) is 48.5 Å². The quantitative estimate of drug-likeness (QED) is 0.342. The Morgan fingerprint density at radius 2 is 1.70 bits per heavy atom. The molecule has 0 atom stereocenters. The summed E-state index contributed by atoms with van der Waals surface area (Å²) in [6, 6.07) is 20.5. The van der Waals surface area contributed by atoms with Crippen LogP contribution in [0.25, 0.3) is 44.5 Å². The molecule has 2 aromatic carbocycles. The number of nitrogens with zero attached hydrogens (tertiary/aromatic N) is 2. The summed E-state index contributed by atoms with van der Waals surface area (Å²) in [5.74, 6) is 1.61. The van der Waals surface area contributed by atoms with Crippen molar-refractivity contribution in [3.8, 4) is 33.6 Å². The minimum absolute atomic E-state index is 0.430. The van der Waals surface area contributed by atoms with Crippen LogP contribution in [-0.2, 0) is 0 Å². The van der Waals surface area contributed by atoms with Gasteiger partial charge in [0.05, 0.1) is 11.3 Å². The number of furan rings is 1. The van der Waals surface area contributed by atoms with Crippen molar-refractivity contribution in [1.29, 1.82) is 0 Å². The highest BCUT2D eigenvalue weighted by molar-refractivity contribution is 6.03. The van der Waals surface area contributed by atoms with Gasteiger partial charge < -0.3 is 15.5 Å². The number of hydrogen-bond acceptors (Lipinski definition) is 5. The van der Waals surface area contributed by atoms with E-state index in [4.69, 9.17) is 10.2 Å². The lowest BCUT2D eigenvalue weighted by Gasteiger charge is -2.22. The Kier molecular flexibility index (Phi) is 4.92. The van der Waals surface area contributed by atoms with Gasteiger partial charge in [0.25, 0.3) is 0 Å². The maximum atomic E-state index is 6.42. The number of H-pyrrole nitrogens is 1. The maximum absolute atomic E-state index is 6.42. The summed E-state index contributed by atoms with van der Waals surface area (Å²) in [4.78, 5) is 4.57. The van der Waals surface area contributed by atoms with Crippen LogP contribution < -0.4 is 11.1 Å². The lowest BCUT2D eigenvalue weighted by molar-refractivity contribution is 0.453. The molecule has 3 aromatic heterocycles. The van der Waals surface area contributed by atoms with Crippen LogP contribution in [-0.4, -0.2) is 28.3 Å². The maximum Gasteiger partial charge on any atom is 0.146 e.